The highest BCUT2D eigenvalue weighted by Crippen LogP contribution is 2.46. The SMILES string of the molecule is OC1CCC(N2C(O)c3cc(Cl)c(Cl)cc3C2O)C1. The fourth-order valence-electron chi connectivity index (χ4n) is 3.08. The topological polar surface area (TPSA) is 63.9 Å². The molecule has 0 bridgehead atoms. The van der Waals surface area contributed by atoms with Crippen molar-refractivity contribution in [2.24, 2.45) is 0 Å². The summed E-state index contributed by atoms with van der Waals surface area (Å²) >= 11 is 11.9. The number of aliphatic hydroxyl groups is 3. The van der Waals surface area contributed by atoms with Crippen LogP contribution in [0.5, 0.6) is 0 Å². The van der Waals surface area contributed by atoms with Crippen LogP contribution in [0.2, 0.25) is 10.0 Å². The molecular formula is C13H15Cl2NO3. The fourth-order valence-corrected chi connectivity index (χ4v) is 3.43. The number of benzene rings is 1. The van der Waals surface area contributed by atoms with E-state index in [2.05, 4.69) is 0 Å². The third kappa shape index (κ3) is 2.17. The summed E-state index contributed by atoms with van der Waals surface area (Å²) in [5, 5.41) is 31.0. The molecule has 2 aliphatic rings. The largest absolute Gasteiger partial charge is 0.393 e. The van der Waals surface area contributed by atoms with Crippen molar-refractivity contribution in [3.05, 3.63) is 33.3 Å². The van der Waals surface area contributed by atoms with Crippen LogP contribution in [0.3, 0.4) is 0 Å². The van der Waals surface area contributed by atoms with Crippen LogP contribution in [0.15, 0.2) is 12.1 Å². The third-order valence-corrected chi connectivity index (χ3v) is 4.77. The molecule has 4 nitrogen and oxygen atoms in total. The number of fused-ring (bicyclic) bond motifs is 1. The Kier molecular flexibility index (Phi) is 3.50. The Balaban J connectivity index is 1.95. The summed E-state index contributed by atoms with van der Waals surface area (Å²) in [6, 6.07) is 3.15. The predicted molar refractivity (Wildman–Crippen MR) is 71.9 cm³/mol. The predicted octanol–water partition coefficient (Wildman–Crippen LogP) is 2.20. The molecule has 0 amide bonds. The van der Waals surface area contributed by atoms with Crippen molar-refractivity contribution < 1.29 is 15.3 Å². The molecule has 0 aromatic heterocycles. The van der Waals surface area contributed by atoms with E-state index in [1.807, 2.05) is 0 Å². The summed E-state index contributed by atoms with van der Waals surface area (Å²) in [7, 11) is 0. The smallest absolute Gasteiger partial charge is 0.136 e. The Morgan fingerprint density at radius 1 is 0.947 bits per heavy atom. The highest BCUT2D eigenvalue weighted by molar-refractivity contribution is 6.42. The van der Waals surface area contributed by atoms with Crippen LogP contribution < -0.4 is 0 Å². The number of aliphatic hydroxyl groups excluding tert-OH is 3. The first-order chi connectivity index (χ1) is 8.99. The van der Waals surface area contributed by atoms with Gasteiger partial charge in [-0.3, -0.25) is 0 Å². The van der Waals surface area contributed by atoms with Crippen molar-refractivity contribution in [3.8, 4) is 0 Å². The lowest BCUT2D eigenvalue weighted by atomic mass is 10.1. The number of rotatable bonds is 1. The minimum absolute atomic E-state index is 0.0371. The van der Waals surface area contributed by atoms with E-state index >= 15 is 0 Å². The maximum atomic E-state index is 10.4. The lowest BCUT2D eigenvalue weighted by Crippen LogP contribution is -2.35. The molecule has 4 unspecified atom stereocenters. The van der Waals surface area contributed by atoms with Crippen LogP contribution in [-0.4, -0.2) is 32.4 Å². The summed E-state index contributed by atoms with van der Waals surface area (Å²) < 4.78 is 0. The monoisotopic (exact) mass is 303 g/mol. The Labute approximate surface area is 121 Å². The summed E-state index contributed by atoms with van der Waals surface area (Å²) in [6.07, 6.45) is -0.169. The van der Waals surface area contributed by atoms with Gasteiger partial charge >= 0.3 is 0 Å². The summed E-state index contributed by atoms with van der Waals surface area (Å²) in [5.74, 6) is 0. The van der Waals surface area contributed by atoms with E-state index in [0.29, 0.717) is 34.0 Å². The molecule has 104 valence electrons. The first-order valence-electron chi connectivity index (χ1n) is 6.29. The molecule has 1 saturated carbocycles. The van der Waals surface area contributed by atoms with Crippen LogP contribution in [0.4, 0.5) is 0 Å². The van der Waals surface area contributed by atoms with Crippen molar-refractivity contribution in [2.75, 3.05) is 0 Å². The molecule has 6 heteroatoms. The Hall–Kier alpha value is -0.360. The molecule has 1 aliphatic heterocycles. The van der Waals surface area contributed by atoms with Crippen LogP contribution in [-0.2, 0) is 0 Å². The van der Waals surface area contributed by atoms with Crippen molar-refractivity contribution in [1.82, 2.24) is 4.90 Å². The maximum Gasteiger partial charge on any atom is 0.136 e. The highest BCUT2D eigenvalue weighted by Gasteiger charge is 2.43. The lowest BCUT2D eigenvalue weighted by Gasteiger charge is -2.30. The second kappa shape index (κ2) is 4.88. The minimum Gasteiger partial charge on any atom is -0.393 e. The molecule has 1 aliphatic carbocycles. The Bertz CT molecular complexity index is 476. The second-order valence-corrected chi connectivity index (χ2v) is 6.02. The number of hydrogen-bond donors (Lipinski definition) is 3. The van der Waals surface area contributed by atoms with Crippen LogP contribution in [0.25, 0.3) is 0 Å². The van der Waals surface area contributed by atoms with Crippen LogP contribution in [0, 0.1) is 0 Å². The van der Waals surface area contributed by atoms with Gasteiger partial charge in [0.25, 0.3) is 0 Å². The van der Waals surface area contributed by atoms with E-state index in [0.717, 1.165) is 6.42 Å². The van der Waals surface area contributed by atoms with Gasteiger partial charge in [-0.15, -0.1) is 0 Å². The average Bonchev–Trinajstić information content (AvgIpc) is 2.86. The van der Waals surface area contributed by atoms with Gasteiger partial charge in [0, 0.05) is 17.2 Å². The van der Waals surface area contributed by atoms with Crippen molar-refractivity contribution >= 4 is 23.2 Å². The van der Waals surface area contributed by atoms with Crippen LogP contribution >= 0.6 is 23.2 Å². The number of nitrogens with zero attached hydrogens (tertiary/aromatic N) is 1. The van der Waals surface area contributed by atoms with Crippen molar-refractivity contribution in [1.29, 1.82) is 0 Å². The van der Waals surface area contributed by atoms with Gasteiger partial charge in [0.05, 0.1) is 16.1 Å². The molecule has 3 N–H and O–H groups in total. The van der Waals surface area contributed by atoms with E-state index in [4.69, 9.17) is 23.2 Å². The normalized spacial score (nSPS) is 34.8. The molecule has 1 aromatic carbocycles. The third-order valence-electron chi connectivity index (χ3n) is 4.05. The van der Waals surface area contributed by atoms with Gasteiger partial charge in [-0.1, -0.05) is 23.2 Å². The average molecular weight is 304 g/mol. The summed E-state index contributed by atoms with van der Waals surface area (Å²) in [5.41, 5.74) is 1.17. The summed E-state index contributed by atoms with van der Waals surface area (Å²) in [6.45, 7) is 0. The molecule has 1 fully saturated rings. The highest BCUT2D eigenvalue weighted by atomic mass is 35.5. The van der Waals surface area contributed by atoms with Gasteiger partial charge in [-0.05, 0) is 31.4 Å². The zero-order chi connectivity index (χ0) is 13.7. The molecule has 3 rings (SSSR count). The molecule has 19 heavy (non-hydrogen) atoms. The van der Waals surface area contributed by atoms with E-state index in [1.165, 1.54) is 0 Å². The lowest BCUT2D eigenvalue weighted by molar-refractivity contribution is -0.110. The van der Waals surface area contributed by atoms with Gasteiger partial charge in [-0.2, -0.15) is 0 Å². The Morgan fingerprint density at radius 2 is 1.47 bits per heavy atom. The van der Waals surface area contributed by atoms with E-state index in [-0.39, 0.29) is 12.1 Å². The zero-order valence-electron chi connectivity index (χ0n) is 10.1. The molecular weight excluding hydrogens is 289 g/mol. The minimum atomic E-state index is -0.907. The molecule has 0 radical (unpaired) electrons. The molecule has 1 aromatic rings. The molecule has 0 saturated heterocycles. The quantitative estimate of drug-likeness (QED) is 0.744. The second-order valence-electron chi connectivity index (χ2n) is 5.21. The van der Waals surface area contributed by atoms with Crippen LogP contribution in [0.1, 0.15) is 42.8 Å². The van der Waals surface area contributed by atoms with Gasteiger partial charge in [0.15, 0.2) is 0 Å². The van der Waals surface area contributed by atoms with Gasteiger partial charge < -0.3 is 15.3 Å². The molecule has 4 atom stereocenters. The maximum absolute atomic E-state index is 10.4. The van der Waals surface area contributed by atoms with E-state index in [1.54, 1.807) is 17.0 Å². The van der Waals surface area contributed by atoms with Gasteiger partial charge in [-0.25, -0.2) is 4.90 Å². The van der Waals surface area contributed by atoms with E-state index in [9.17, 15) is 15.3 Å². The number of hydrogen-bond acceptors (Lipinski definition) is 4. The van der Waals surface area contributed by atoms with Crippen molar-refractivity contribution in [2.45, 2.75) is 43.9 Å². The standard InChI is InChI=1S/C13H15Cl2NO3/c14-10-4-8-9(5-11(10)15)13(19)16(12(8)18)6-1-2-7(17)3-6/h4-7,12-13,17-19H,1-3H2. The van der Waals surface area contributed by atoms with E-state index < -0.39 is 12.5 Å². The molecule has 0 spiro atoms. The van der Waals surface area contributed by atoms with Gasteiger partial charge in [0.1, 0.15) is 12.5 Å². The van der Waals surface area contributed by atoms with Gasteiger partial charge in [0.2, 0.25) is 0 Å². The fraction of sp³-hybridized carbons (Fsp3) is 0.538. The molecule has 1 heterocycles. The summed E-state index contributed by atoms with van der Waals surface area (Å²) in [4.78, 5) is 1.62. The zero-order valence-corrected chi connectivity index (χ0v) is 11.6. The Morgan fingerprint density at radius 3 is 1.89 bits per heavy atom. The first-order valence-corrected chi connectivity index (χ1v) is 7.05. The van der Waals surface area contributed by atoms with Crippen molar-refractivity contribution in [3.63, 3.8) is 0 Å². The first kappa shape index (κ1) is 13.6. The number of halogens is 2.